The highest BCUT2D eigenvalue weighted by Gasteiger charge is 2.20. The molecule has 0 saturated heterocycles. The molecule has 5 aromatic carbocycles. The van der Waals surface area contributed by atoms with E-state index in [1.807, 2.05) is 18.3 Å². The number of nitrogens with zero attached hydrogens (tertiary/aromatic N) is 3. The van der Waals surface area contributed by atoms with Crippen LogP contribution in [0.15, 0.2) is 138 Å². The number of rotatable bonds is 6. The summed E-state index contributed by atoms with van der Waals surface area (Å²) in [5.74, 6) is 0. The van der Waals surface area contributed by atoms with Gasteiger partial charge in [0.2, 0.25) is 0 Å². The molecule has 0 N–H and O–H groups in total. The van der Waals surface area contributed by atoms with Crippen molar-refractivity contribution in [1.82, 2.24) is 9.97 Å². The van der Waals surface area contributed by atoms with E-state index in [4.69, 9.17) is 14.4 Å². The smallest absolute Gasteiger partial charge is 0.153 e. The minimum atomic E-state index is -1.46. The Morgan fingerprint density at radius 3 is 1.90 bits per heavy atom. The molecule has 0 saturated carbocycles. The molecule has 3 heterocycles. The molecular weight excluding hydrogens is 603 g/mol. The number of aryl methyl sites for hydroxylation is 2. The van der Waals surface area contributed by atoms with E-state index in [9.17, 15) is 0 Å². The first-order valence-corrected chi connectivity index (χ1v) is 20.0. The normalized spacial score (nSPS) is 11.9. The molecule has 3 aromatic heterocycles. The fourth-order valence-corrected chi connectivity index (χ4v) is 7.74. The second-order valence-electron chi connectivity index (χ2n) is 13.8. The fraction of sp³-hybridized carbons (Fsp3) is 0.116. The van der Waals surface area contributed by atoms with Crippen molar-refractivity contribution in [2.45, 2.75) is 33.5 Å². The maximum absolute atomic E-state index is 6.09. The minimum Gasteiger partial charge on any atom is -0.454 e. The summed E-state index contributed by atoms with van der Waals surface area (Å²) in [5, 5.41) is 5.91. The van der Waals surface area contributed by atoms with Gasteiger partial charge in [0.1, 0.15) is 5.58 Å². The average Bonchev–Trinajstić information content (AvgIpc) is 3.46. The molecule has 0 fully saturated rings. The fourth-order valence-electron chi connectivity index (χ4n) is 6.71. The van der Waals surface area contributed by atoms with E-state index in [1.165, 1.54) is 21.5 Å². The highest BCUT2D eigenvalue weighted by molar-refractivity contribution is 6.88. The van der Waals surface area contributed by atoms with Crippen molar-refractivity contribution in [2.75, 3.05) is 4.90 Å². The molecule has 48 heavy (non-hydrogen) atoms. The Kier molecular flexibility index (Phi) is 7.23. The van der Waals surface area contributed by atoms with Gasteiger partial charge in [-0.3, -0.25) is 9.97 Å². The van der Waals surface area contributed by atoms with Gasteiger partial charge in [-0.15, -0.1) is 0 Å². The number of hydrogen-bond donors (Lipinski definition) is 0. The topological polar surface area (TPSA) is 42.2 Å². The lowest BCUT2D eigenvalue weighted by atomic mass is 10.0. The molecular formula is C43H37N3OSi. The summed E-state index contributed by atoms with van der Waals surface area (Å²) in [7, 11) is -1.46. The highest BCUT2D eigenvalue weighted by atomic mass is 28.3. The number of benzene rings is 5. The van der Waals surface area contributed by atoms with Crippen molar-refractivity contribution >= 4 is 63.0 Å². The molecule has 0 aliphatic carbocycles. The van der Waals surface area contributed by atoms with E-state index < -0.39 is 8.07 Å². The van der Waals surface area contributed by atoms with Crippen LogP contribution in [0.4, 0.5) is 17.1 Å². The third-order valence-electron chi connectivity index (χ3n) is 9.13. The molecule has 0 aliphatic heterocycles. The van der Waals surface area contributed by atoms with E-state index in [0.29, 0.717) is 0 Å². The Hall–Kier alpha value is -5.52. The van der Waals surface area contributed by atoms with Crippen LogP contribution in [0, 0.1) is 13.8 Å². The molecule has 0 bridgehead atoms. The summed E-state index contributed by atoms with van der Waals surface area (Å²) in [6.45, 7) is 11.4. The number of furan rings is 1. The lowest BCUT2D eigenvalue weighted by molar-refractivity contribution is 0.667. The van der Waals surface area contributed by atoms with Crippen molar-refractivity contribution in [3.05, 3.63) is 145 Å². The predicted molar refractivity (Wildman–Crippen MR) is 205 cm³/mol. The van der Waals surface area contributed by atoms with Gasteiger partial charge in [-0.2, -0.15) is 0 Å². The number of anilines is 3. The van der Waals surface area contributed by atoms with Gasteiger partial charge < -0.3 is 9.32 Å². The van der Waals surface area contributed by atoms with Gasteiger partial charge in [0, 0.05) is 44.9 Å². The first-order valence-electron chi connectivity index (χ1n) is 16.5. The summed E-state index contributed by atoms with van der Waals surface area (Å²) in [6, 6.07) is 43.4. The third-order valence-corrected chi connectivity index (χ3v) is 11.2. The van der Waals surface area contributed by atoms with E-state index in [2.05, 4.69) is 154 Å². The van der Waals surface area contributed by atoms with Crippen LogP contribution < -0.4 is 10.1 Å². The summed E-state index contributed by atoms with van der Waals surface area (Å²) in [4.78, 5) is 12.2. The van der Waals surface area contributed by atoms with Gasteiger partial charge in [0.25, 0.3) is 0 Å². The average molecular weight is 640 g/mol. The zero-order valence-electron chi connectivity index (χ0n) is 28.0. The van der Waals surface area contributed by atoms with Crippen molar-refractivity contribution in [1.29, 1.82) is 0 Å². The molecule has 8 aromatic rings. The van der Waals surface area contributed by atoms with Crippen LogP contribution in [0.2, 0.25) is 19.6 Å². The number of fused-ring (bicyclic) bond motifs is 4. The summed E-state index contributed by atoms with van der Waals surface area (Å²) >= 11 is 0. The van der Waals surface area contributed by atoms with E-state index in [-0.39, 0.29) is 0 Å². The van der Waals surface area contributed by atoms with Crippen LogP contribution in [0.1, 0.15) is 11.1 Å². The van der Waals surface area contributed by atoms with Crippen LogP contribution in [-0.2, 0) is 0 Å². The highest BCUT2D eigenvalue weighted by Crippen LogP contribution is 2.42. The first-order chi connectivity index (χ1) is 23.2. The SMILES string of the molecule is Cc1cc(-c2ccc([Si](C)(C)C)cn2)cc(N(c2cc(C)cc(-c3cc4c(cn3)oc3ccccc34)c2)c2cccc3ccccc23)c1. The lowest BCUT2D eigenvalue weighted by Gasteiger charge is -2.28. The minimum absolute atomic E-state index is 0.795. The molecule has 0 amide bonds. The Labute approximate surface area is 282 Å². The Morgan fingerprint density at radius 1 is 0.542 bits per heavy atom. The zero-order valence-corrected chi connectivity index (χ0v) is 29.0. The van der Waals surface area contributed by atoms with E-state index in [0.717, 1.165) is 67.1 Å². The summed E-state index contributed by atoms with van der Waals surface area (Å²) in [5.41, 5.74) is 11.3. The van der Waals surface area contributed by atoms with Crippen molar-refractivity contribution < 1.29 is 4.42 Å². The Balaban J connectivity index is 1.32. The second-order valence-corrected chi connectivity index (χ2v) is 18.9. The molecule has 5 heteroatoms. The molecule has 8 rings (SSSR count). The first kappa shape index (κ1) is 29.9. The monoisotopic (exact) mass is 639 g/mol. The number of pyridine rings is 2. The Morgan fingerprint density at radius 2 is 1.19 bits per heavy atom. The van der Waals surface area contributed by atoms with Gasteiger partial charge in [-0.1, -0.05) is 80.3 Å². The van der Waals surface area contributed by atoms with Crippen LogP contribution in [0.25, 0.3) is 55.2 Å². The van der Waals surface area contributed by atoms with E-state index in [1.54, 1.807) is 0 Å². The van der Waals surface area contributed by atoms with Crippen molar-refractivity contribution in [3.63, 3.8) is 0 Å². The van der Waals surface area contributed by atoms with Gasteiger partial charge >= 0.3 is 0 Å². The van der Waals surface area contributed by atoms with Gasteiger partial charge in [-0.25, -0.2) is 0 Å². The van der Waals surface area contributed by atoms with Crippen molar-refractivity contribution in [2.24, 2.45) is 0 Å². The summed E-state index contributed by atoms with van der Waals surface area (Å²) in [6.07, 6.45) is 3.92. The number of para-hydroxylation sites is 1. The lowest BCUT2D eigenvalue weighted by Crippen LogP contribution is -2.37. The predicted octanol–water partition coefficient (Wildman–Crippen LogP) is 11.5. The second kappa shape index (κ2) is 11.6. The Bertz CT molecular complexity index is 2470. The maximum Gasteiger partial charge on any atom is 0.153 e. The van der Waals surface area contributed by atoms with Gasteiger partial charge in [0.05, 0.1) is 31.3 Å². The molecule has 4 nitrogen and oxygen atoms in total. The molecule has 234 valence electrons. The largest absolute Gasteiger partial charge is 0.454 e. The van der Waals surface area contributed by atoms with Gasteiger partial charge in [0.15, 0.2) is 5.58 Å². The standard InChI is InChI=1S/C43H37N3OSi/c1-28-19-31(39-18-17-35(26-44-39)48(3,4)5)23-33(21-28)46(41-15-10-12-30-11-6-7-13-36(30)41)34-22-29(2)20-32(24-34)40-25-38-37-14-8-9-16-42(37)47-43(38)27-45-40/h6-27H,1-5H3. The zero-order chi connectivity index (χ0) is 33.0. The molecule has 0 aliphatic rings. The molecule has 0 radical (unpaired) electrons. The molecule has 0 unspecified atom stereocenters. The van der Waals surface area contributed by atoms with Crippen molar-refractivity contribution in [3.8, 4) is 22.5 Å². The van der Waals surface area contributed by atoms with E-state index >= 15 is 0 Å². The quantitative estimate of drug-likeness (QED) is 0.170. The van der Waals surface area contributed by atoms with Crippen LogP contribution in [0.3, 0.4) is 0 Å². The third kappa shape index (κ3) is 5.46. The number of hydrogen-bond acceptors (Lipinski definition) is 4. The van der Waals surface area contributed by atoms with Crippen LogP contribution >= 0.6 is 0 Å². The van der Waals surface area contributed by atoms with Gasteiger partial charge in [-0.05, 0) is 96.2 Å². The maximum atomic E-state index is 6.09. The molecule has 0 spiro atoms. The molecule has 0 atom stereocenters. The van der Waals surface area contributed by atoms with Crippen LogP contribution in [0.5, 0.6) is 0 Å². The van der Waals surface area contributed by atoms with Crippen LogP contribution in [-0.4, -0.2) is 18.0 Å². The summed E-state index contributed by atoms with van der Waals surface area (Å²) < 4.78 is 6.09. The number of aromatic nitrogens is 2.